The predicted molar refractivity (Wildman–Crippen MR) is 81.1 cm³/mol. The first-order chi connectivity index (χ1) is 11.1. The van der Waals surface area contributed by atoms with Crippen LogP contribution in [0.15, 0.2) is 58.7 Å². The van der Waals surface area contributed by atoms with Gasteiger partial charge in [-0.2, -0.15) is 13.2 Å². The van der Waals surface area contributed by atoms with Gasteiger partial charge in [0.25, 0.3) is 0 Å². The van der Waals surface area contributed by atoms with Crippen LogP contribution in [-0.4, -0.2) is 18.5 Å². The van der Waals surface area contributed by atoms with E-state index in [4.69, 9.17) is 13.0 Å². The van der Waals surface area contributed by atoms with Crippen molar-refractivity contribution in [2.75, 3.05) is 0 Å². The second-order valence-electron chi connectivity index (χ2n) is 4.51. The lowest BCUT2D eigenvalue weighted by Gasteiger charge is -2.08. The van der Waals surface area contributed by atoms with Crippen LogP contribution in [0, 0.1) is 10.5 Å². The van der Waals surface area contributed by atoms with Crippen molar-refractivity contribution in [1.82, 2.24) is 0 Å². The van der Waals surface area contributed by atoms with Gasteiger partial charge in [-0.15, -0.1) is 0 Å². The lowest BCUT2D eigenvalue weighted by atomic mass is 10.1. The van der Waals surface area contributed by atoms with Gasteiger partial charge >= 0.3 is 26.7 Å². The summed E-state index contributed by atoms with van der Waals surface area (Å²) in [4.78, 5) is 0. The van der Waals surface area contributed by atoms with Crippen molar-refractivity contribution in [3.05, 3.63) is 73.4 Å². The summed E-state index contributed by atoms with van der Waals surface area (Å²) in [6.45, 7) is 2.13. The molecule has 0 fully saturated rings. The second-order valence-corrected chi connectivity index (χ2v) is 8.47. The molecule has 2 aromatic rings. The molecule has 24 heavy (non-hydrogen) atoms. The number of rotatable bonds is 3. The molecule has 0 aliphatic heterocycles. The fraction of sp³-hybridized carbons (Fsp3) is 0.125. The van der Waals surface area contributed by atoms with Crippen LogP contribution < -0.4 is 21.2 Å². The zero-order valence-corrected chi connectivity index (χ0v) is 15.5. The number of benzene rings is 2. The molecular formula is C16H14F3IO3S. The van der Waals surface area contributed by atoms with Crippen LogP contribution in [0.2, 0.25) is 0 Å². The van der Waals surface area contributed by atoms with Crippen molar-refractivity contribution in [1.29, 1.82) is 0 Å². The van der Waals surface area contributed by atoms with Gasteiger partial charge in [0.15, 0.2) is 17.8 Å². The topological polar surface area (TPSA) is 57.2 Å². The number of hydrogen-bond acceptors (Lipinski definition) is 3. The van der Waals surface area contributed by atoms with Crippen LogP contribution in [0.5, 0.6) is 0 Å². The van der Waals surface area contributed by atoms with Crippen molar-refractivity contribution in [3.63, 3.8) is 0 Å². The second kappa shape index (κ2) is 9.19. The van der Waals surface area contributed by atoms with E-state index in [0.29, 0.717) is 0 Å². The molecule has 0 aliphatic rings. The zero-order valence-electron chi connectivity index (χ0n) is 12.5. The smallest absolute Gasteiger partial charge is 0.485 e. The van der Waals surface area contributed by atoms with E-state index in [1.807, 2.05) is 0 Å². The SMILES string of the molecule is Cc1cccc(/C=C/[I+]c2ccccc2)c1.O=S(=O)([O-])C(F)(F)F. The van der Waals surface area contributed by atoms with E-state index in [1.165, 1.54) is 14.7 Å². The van der Waals surface area contributed by atoms with Crippen molar-refractivity contribution in [2.45, 2.75) is 12.4 Å². The molecular weight excluding hydrogens is 456 g/mol. The minimum atomic E-state index is -6.09. The van der Waals surface area contributed by atoms with Crippen molar-refractivity contribution in [2.24, 2.45) is 0 Å². The fourth-order valence-corrected chi connectivity index (χ4v) is 3.28. The average Bonchev–Trinajstić information content (AvgIpc) is 2.47. The highest BCUT2D eigenvalue weighted by Crippen LogP contribution is 2.20. The maximum atomic E-state index is 10.7. The van der Waals surface area contributed by atoms with E-state index >= 15 is 0 Å². The summed E-state index contributed by atoms with van der Waals surface area (Å²) in [5, 5.41) is 0. The van der Waals surface area contributed by atoms with Crippen molar-refractivity contribution >= 4 is 16.2 Å². The van der Waals surface area contributed by atoms with Gasteiger partial charge in [-0.1, -0.05) is 48.0 Å². The lowest BCUT2D eigenvalue weighted by Crippen LogP contribution is -3.59. The number of halogens is 4. The van der Waals surface area contributed by atoms with Crippen LogP contribution in [0.4, 0.5) is 13.2 Å². The molecule has 0 radical (unpaired) electrons. The minimum absolute atomic E-state index is 0.0105. The molecule has 0 saturated heterocycles. The monoisotopic (exact) mass is 470 g/mol. The van der Waals surface area contributed by atoms with Gasteiger partial charge in [0, 0.05) is 0 Å². The summed E-state index contributed by atoms with van der Waals surface area (Å²) in [6, 6.07) is 19.3. The third-order valence-electron chi connectivity index (χ3n) is 2.50. The molecule has 2 rings (SSSR count). The Morgan fingerprint density at radius 2 is 1.62 bits per heavy atom. The Morgan fingerprint density at radius 1 is 1.04 bits per heavy atom. The molecule has 0 spiro atoms. The van der Waals surface area contributed by atoms with Crippen LogP contribution in [-0.2, 0) is 10.1 Å². The van der Waals surface area contributed by atoms with E-state index in [0.717, 1.165) is 0 Å². The number of aryl methyl sites for hydroxylation is 1. The summed E-state index contributed by atoms with van der Waals surface area (Å²) in [5.41, 5.74) is -3.02. The van der Waals surface area contributed by atoms with E-state index < -0.39 is 15.6 Å². The summed E-state index contributed by atoms with van der Waals surface area (Å²) in [7, 11) is -6.09. The molecule has 0 bridgehead atoms. The Balaban J connectivity index is 0.000000307. The van der Waals surface area contributed by atoms with E-state index in [-0.39, 0.29) is 21.2 Å². The Hall–Kier alpha value is -1.39. The Morgan fingerprint density at radius 3 is 2.12 bits per heavy atom. The highest BCUT2D eigenvalue weighted by Gasteiger charge is 2.36. The molecule has 0 N–H and O–H groups in total. The molecule has 0 aromatic heterocycles. The Kier molecular flexibility index (Phi) is 7.91. The minimum Gasteiger partial charge on any atom is -0.741 e. The molecule has 0 heterocycles. The summed E-state index contributed by atoms with van der Waals surface area (Å²) >= 11 is 0.0105. The van der Waals surface area contributed by atoms with Gasteiger partial charge in [0.2, 0.25) is 0 Å². The molecule has 8 heteroatoms. The maximum absolute atomic E-state index is 10.7. The predicted octanol–water partition coefficient (Wildman–Crippen LogP) is 0.976. The summed E-state index contributed by atoms with van der Waals surface area (Å²) in [6.07, 6.45) is 2.23. The van der Waals surface area contributed by atoms with Crippen LogP contribution >= 0.6 is 0 Å². The first kappa shape index (κ1) is 20.7. The van der Waals surface area contributed by atoms with E-state index in [2.05, 4.69) is 71.7 Å². The quantitative estimate of drug-likeness (QED) is 0.382. The largest absolute Gasteiger partial charge is 0.741 e. The van der Waals surface area contributed by atoms with Gasteiger partial charge in [0.05, 0.1) is 0 Å². The highest BCUT2D eigenvalue weighted by atomic mass is 127. The van der Waals surface area contributed by atoms with Crippen LogP contribution in [0.1, 0.15) is 11.1 Å². The van der Waals surface area contributed by atoms with Gasteiger partial charge in [-0.05, 0) is 30.7 Å². The normalized spacial score (nSPS) is 11.9. The third kappa shape index (κ3) is 7.93. The fourth-order valence-electron chi connectivity index (χ4n) is 1.44. The highest BCUT2D eigenvalue weighted by molar-refractivity contribution is 7.86. The molecule has 130 valence electrons. The number of alkyl halides is 3. The van der Waals surface area contributed by atoms with Gasteiger partial charge in [-0.25, -0.2) is 8.42 Å². The molecule has 2 aromatic carbocycles. The summed E-state index contributed by atoms with van der Waals surface area (Å²) in [5.74, 6) is 0. The first-order valence-corrected chi connectivity index (χ1v) is 10.3. The Bertz CT molecular complexity index is 773. The van der Waals surface area contributed by atoms with Crippen LogP contribution in [0.25, 0.3) is 6.08 Å². The molecule has 0 unspecified atom stereocenters. The Labute approximate surface area is 149 Å². The van der Waals surface area contributed by atoms with E-state index in [1.54, 1.807) is 0 Å². The van der Waals surface area contributed by atoms with Gasteiger partial charge in [-0.3, -0.25) is 0 Å². The average molecular weight is 470 g/mol. The molecule has 0 amide bonds. The maximum Gasteiger partial charge on any atom is 0.485 e. The molecule has 0 aliphatic carbocycles. The first-order valence-electron chi connectivity index (χ1n) is 6.53. The third-order valence-corrected chi connectivity index (χ3v) is 5.23. The van der Waals surface area contributed by atoms with Crippen LogP contribution in [0.3, 0.4) is 0 Å². The number of hydrogen-bond donors (Lipinski definition) is 0. The van der Waals surface area contributed by atoms with E-state index in [9.17, 15) is 13.2 Å². The lowest BCUT2D eigenvalue weighted by molar-refractivity contribution is -0.555. The van der Waals surface area contributed by atoms with Crippen molar-refractivity contribution in [3.8, 4) is 0 Å². The molecule has 0 saturated carbocycles. The molecule has 3 nitrogen and oxygen atoms in total. The standard InChI is InChI=1S/C15H14I.CHF3O3S/c1-13-6-5-7-14(12-13)10-11-16-15-8-3-2-4-9-15;2-1(3,4)8(5,6)7/h2-12H,1H3;(H,5,6,7)/q+1;/p-1/b11-10+;. The van der Waals surface area contributed by atoms with Gasteiger partial charge in [0.1, 0.15) is 0 Å². The van der Waals surface area contributed by atoms with Crippen molar-refractivity contribution < 1.29 is 47.3 Å². The molecule has 0 atom stereocenters. The van der Waals surface area contributed by atoms with Gasteiger partial charge < -0.3 is 4.55 Å². The summed E-state index contributed by atoms with van der Waals surface area (Å²) < 4.78 is 62.7. The zero-order chi connectivity index (χ0) is 18.2.